The van der Waals surface area contributed by atoms with Gasteiger partial charge in [-0.2, -0.15) is 11.8 Å². The first kappa shape index (κ1) is 10.8. The Kier molecular flexibility index (Phi) is 3.43. The molecular weight excluding hydrogens is 190 g/mol. The fourth-order valence-electron chi connectivity index (χ4n) is 1.76. The molecule has 2 fully saturated rings. The van der Waals surface area contributed by atoms with E-state index in [1.807, 2.05) is 0 Å². The number of nitrogens with one attached hydrogen (secondary N) is 1. The molecule has 0 saturated heterocycles. The molecular formula is C12H23NS. The quantitative estimate of drug-likeness (QED) is 0.653. The lowest BCUT2D eigenvalue weighted by atomic mass is 10.0. The molecule has 2 rings (SSSR count). The Hall–Kier alpha value is 0.310. The zero-order valence-corrected chi connectivity index (χ0v) is 10.3. The number of rotatable bonds is 7. The smallest absolute Gasteiger partial charge is 0.00928 e. The molecule has 2 heteroatoms. The summed E-state index contributed by atoms with van der Waals surface area (Å²) in [6.07, 6.45) is 5.84. The van der Waals surface area contributed by atoms with Gasteiger partial charge in [0.05, 0.1) is 0 Å². The summed E-state index contributed by atoms with van der Waals surface area (Å²) in [5.74, 6) is 3.79. The van der Waals surface area contributed by atoms with E-state index in [0.29, 0.717) is 5.41 Å². The van der Waals surface area contributed by atoms with E-state index in [1.165, 1.54) is 43.7 Å². The fourth-order valence-corrected chi connectivity index (χ4v) is 2.85. The first-order valence-corrected chi connectivity index (χ1v) is 7.17. The van der Waals surface area contributed by atoms with Crippen molar-refractivity contribution >= 4 is 11.8 Å². The molecule has 0 aromatic rings. The molecule has 2 aliphatic carbocycles. The molecule has 0 aromatic carbocycles. The second-order valence-electron chi connectivity index (χ2n) is 5.35. The highest BCUT2D eigenvalue weighted by molar-refractivity contribution is 7.99. The highest BCUT2D eigenvalue weighted by Crippen LogP contribution is 2.47. The van der Waals surface area contributed by atoms with Gasteiger partial charge in [-0.25, -0.2) is 0 Å². The molecule has 1 unspecified atom stereocenters. The summed E-state index contributed by atoms with van der Waals surface area (Å²) in [7, 11) is 0. The minimum atomic E-state index is 0.640. The minimum absolute atomic E-state index is 0.640. The van der Waals surface area contributed by atoms with Crippen LogP contribution in [0.3, 0.4) is 0 Å². The monoisotopic (exact) mass is 213 g/mol. The normalized spacial score (nSPS) is 26.1. The highest BCUT2D eigenvalue weighted by atomic mass is 32.2. The van der Waals surface area contributed by atoms with Crippen molar-refractivity contribution in [2.75, 3.05) is 18.1 Å². The maximum Gasteiger partial charge on any atom is 0.00928 e. The van der Waals surface area contributed by atoms with Gasteiger partial charge in [-0.1, -0.05) is 6.92 Å². The molecule has 0 aliphatic heterocycles. The molecule has 0 heterocycles. The predicted molar refractivity (Wildman–Crippen MR) is 64.9 cm³/mol. The van der Waals surface area contributed by atoms with E-state index in [9.17, 15) is 0 Å². The Morgan fingerprint density at radius 1 is 1.43 bits per heavy atom. The van der Waals surface area contributed by atoms with Crippen molar-refractivity contribution in [3.05, 3.63) is 0 Å². The van der Waals surface area contributed by atoms with Gasteiger partial charge in [0.1, 0.15) is 0 Å². The Bertz CT molecular complexity index is 185. The standard InChI is InChI=1S/C12H23NS/c1-10(12(2)5-6-12)13-7-8-14-9-11-3-4-11/h10-11,13H,3-9H2,1-2H3. The molecule has 82 valence electrons. The summed E-state index contributed by atoms with van der Waals surface area (Å²) in [5, 5.41) is 3.66. The average Bonchev–Trinajstić information content (AvgIpc) is 3.01. The summed E-state index contributed by atoms with van der Waals surface area (Å²) >= 11 is 2.13. The van der Waals surface area contributed by atoms with Crippen molar-refractivity contribution in [2.24, 2.45) is 11.3 Å². The molecule has 0 radical (unpaired) electrons. The summed E-state index contributed by atoms with van der Waals surface area (Å²) in [4.78, 5) is 0. The largest absolute Gasteiger partial charge is 0.313 e. The second kappa shape index (κ2) is 4.44. The van der Waals surface area contributed by atoms with Gasteiger partial charge < -0.3 is 5.32 Å². The third-order valence-corrected chi connectivity index (χ3v) is 5.03. The van der Waals surface area contributed by atoms with Gasteiger partial charge in [-0.15, -0.1) is 0 Å². The second-order valence-corrected chi connectivity index (χ2v) is 6.50. The first-order valence-electron chi connectivity index (χ1n) is 6.02. The average molecular weight is 213 g/mol. The van der Waals surface area contributed by atoms with E-state index in [4.69, 9.17) is 0 Å². The van der Waals surface area contributed by atoms with Crippen LogP contribution in [0.25, 0.3) is 0 Å². The molecule has 1 N–H and O–H groups in total. The highest BCUT2D eigenvalue weighted by Gasteiger charge is 2.41. The van der Waals surface area contributed by atoms with Crippen LogP contribution in [0.1, 0.15) is 39.5 Å². The number of hydrogen-bond acceptors (Lipinski definition) is 2. The van der Waals surface area contributed by atoms with Crippen LogP contribution >= 0.6 is 11.8 Å². The van der Waals surface area contributed by atoms with Gasteiger partial charge in [-0.3, -0.25) is 0 Å². The Balaban J connectivity index is 1.45. The van der Waals surface area contributed by atoms with Crippen LogP contribution < -0.4 is 5.32 Å². The SMILES string of the molecule is CC(NCCSCC1CC1)C1(C)CC1. The van der Waals surface area contributed by atoms with E-state index in [2.05, 4.69) is 30.9 Å². The van der Waals surface area contributed by atoms with Crippen molar-refractivity contribution in [1.82, 2.24) is 5.32 Å². The Morgan fingerprint density at radius 3 is 2.71 bits per heavy atom. The van der Waals surface area contributed by atoms with Crippen molar-refractivity contribution in [3.63, 3.8) is 0 Å². The van der Waals surface area contributed by atoms with Crippen molar-refractivity contribution < 1.29 is 0 Å². The molecule has 0 amide bonds. The first-order chi connectivity index (χ1) is 6.71. The van der Waals surface area contributed by atoms with Gasteiger partial charge >= 0.3 is 0 Å². The molecule has 1 nitrogen and oxygen atoms in total. The van der Waals surface area contributed by atoms with Crippen LogP contribution in [-0.4, -0.2) is 24.1 Å². The van der Waals surface area contributed by atoms with Crippen molar-refractivity contribution in [3.8, 4) is 0 Å². The summed E-state index contributed by atoms with van der Waals surface area (Å²) in [6, 6.07) is 0.726. The Labute approximate surface area is 92.4 Å². The topological polar surface area (TPSA) is 12.0 Å². The lowest BCUT2D eigenvalue weighted by Gasteiger charge is -2.20. The maximum absolute atomic E-state index is 3.66. The molecule has 0 aromatic heterocycles. The van der Waals surface area contributed by atoms with Crippen LogP contribution in [0, 0.1) is 11.3 Å². The zero-order valence-electron chi connectivity index (χ0n) is 9.51. The van der Waals surface area contributed by atoms with Crippen molar-refractivity contribution in [1.29, 1.82) is 0 Å². The van der Waals surface area contributed by atoms with E-state index < -0.39 is 0 Å². The molecule has 1 atom stereocenters. The molecule has 14 heavy (non-hydrogen) atoms. The summed E-state index contributed by atoms with van der Waals surface area (Å²) < 4.78 is 0. The van der Waals surface area contributed by atoms with Gasteiger partial charge in [-0.05, 0) is 49.7 Å². The Morgan fingerprint density at radius 2 is 2.14 bits per heavy atom. The molecule has 0 bridgehead atoms. The van der Waals surface area contributed by atoms with Crippen LogP contribution in [0.5, 0.6) is 0 Å². The third kappa shape index (κ3) is 3.16. The summed E-state index contributed by atoms with van der Waals surface area (Å²) in [6.45, 7) is 5.95. The lowest BCUT2D eigenvalue weighted by molar-refractivity contribution is 0.390. The summed E-state index contributed by atoms with van der Waals surface area (Å²) in [5.41, 5.74) is 0.640. The van der Waals surface area contributed by atoms with Crippen molar-refractivity contribution in [2.45, 2.75) is 45.6 Å². The van der Waals surface area contributed by atoms with Gasteiger partial charge in [0.15, 0.2) is 0 Å². The van der Waals surface area contributed by atoms with E-state index >= 15 is 0 Å². The van der Waals surface area contributed by atoms with Crippen LogP contribution in [0.4, 0.5) is 0 Å². The van der Waals surface area contributed by atoms with E-state index in [1.54, 1.807) is 0 Å². The fraction of sp³-hybridized carbons (Fsp3) is 1.00. The van der Waals surface area contributed by atoms with Gasteiger partial charge in [0.2, 0.25) is 0 Å². The van der Waals surface area contributed by atoms with Gasteiger partial charge in [0.25, 0.3) is 0 Å². The lowest BCUT2D eigenvalue weighted by Crippen LogP contribution is -2.34. The van der Waals surface area contributed by atoms with Crippen LogP contribution in [-0.2, 0) is 0 Å². The number of hydrogen-bond donors (Lipinski definition) is 1. The number of thioether (sulfide) groups is 1. The van der Waals surface area contributed by atoms with Gasteiger partial charge in [0, 0.05) is 18.3 Å². The van der Waals surface area contributed by atoms with Crippen LogP contribution in [0.2, 0.25) is 0 Å². The van der Waals surface area contributed by atoms with E-state index in [-0.39, 0.29) is 0 Å². The third-order valence-electron chi connectivity index (χ3n) is 3.83. The maximum atomic E-state index is 3.66. The van der Waals surface area contributed by atoms with E-state index in [0.717, 1.165) is 12.0 Å². The molecule has 2 saturated carbocycles. The van der Waals surface area contributed by atoms with Crippen LogP contribution in [0.15, 0.2) is 0 Å². The zero-order chi connectivity index (χ0) is 10.0. The minimum Gasteiger partial charge on any atom is -0.313 e. The molecule has 0 spiro atoms. The predicted octanol–water partition coefficient (Wildman–Crippen LogP) is 2.91. The molecule has 2 aliphatic rings.